The molecular weight excluding hydrogens is 308 g/mol. The Kier molecular flexibility index (Phi) is 4.69. The van der Waals surface area contributed by atoms with E-state index < -0.39 is 0 Å². The van der Waals surface area contributed by atoms with Crippen LogP contribution in [-0.4, -0.2) is 18.7 Å². The minimum atomic E-state index is -0.379. The zero-order valence-corrected chi connectivity index (χ0v) is 13.8. The molecule has 5 heteroatoms. The third kappa shape index (κ3) is 3.85. The van der Waals surface area contributed by atoms with Crippen molar-refractivity contribution in [2.24, 2.45) is 5.92 Å². The smallest absolute Gasteiger partial charge is 0.336 e. The highest BCUT2D eigenvalue weighted by Gasteiger charge is 2.30. The van der Waals surface area contributed by atoms with Crippen molar-refractivity contribution >= 4 is 16.9 Å². The Morgan fingerprint density at radius 3 is 2.83 bits per heavy atom. The Labute approximate surface area is 139 Å². The molecule has 1 fully saturated rings. The number of carbonyl (C=O) groups is 1. The molecule has 0 unspecified atom stereocenters. The Bertz CT molecular complexity index is 833. The lowest BCUT2D eigenvalue weighted by Gasteiger charge is -2.10. The highest BCUT2D eigenvalue weighted by atomic mass is 16.5. The molecule has 1 saturated heterocycles. The number of hydrogen-bond donors (Lipinski definition) is 0. The first kappa shape index (κ1) is 16.3. The summed E-state index contributed by atoms with van der Waals surface area (Å²) in [6.45, 7) is 4.30. The van der Waals surface area contributed by atoms with Crippen LogP contribution in [0.5, 0.6) is 5.75 Å². The molecule has 3 rings (SSSR count). The SMILES string of the molecule is CC(=CCOc1ccc2ccc(=O)oc2c1)C[C@@H]1C[C@@H](C)C(=O)O1. The molecular formula is C19H20O5. The van der Waals surface area contributed by atoms with E-state index in [1.54, 1.807) is 12.1 Å². The van der Waals surface area contributed by atoms with Gasteiger partial charge in [-0.15, -0.1) is 0 Å². The number of hydrogen-bond acceptors (Lipinski definition) is 5. The van der Waals surface area contributed by atoms with Crippen molar-refractivity contribution in [2.45, 2.75) is 32.8 Å². The average Bonchev–Trinajstić information content (AvgIpc) is 2.84. The lowest BCUT2D eigenvalue weighted by molar-refractivity contribution is -0.143. The van der Waals surface area contributed by atoms with Gasteiger partial charge in [-0.05, 0) is 37.6 Å². The number of esters is 1. The van der Waals surface area contributed by atoms with E-state index >= 15 is 0 Å². The van der Waals surface area contributed by atoms with Crippen LogP contribution in [-0.2, 0) is 9.53 Å². The fourth-order valence-corrected chi connectivity index (χ4v) is 2.80. The summed E-state index contributed by atoms with van der Waals surface area (Å²) < 4.78 is 16.1. The lowest BCUT2D eigenvalue weighted by atomic mass is 10.0. The Hall–Kier alpha value is -2.56. The van der Waals surface area contributed by atoms with E-state index in [0.717, 1.165) is 23.8 Å². The summed E-state index contributed by atoms with van der Waals surface area (Å²) in [7, 11) is 0. The van der Waals surface area contributed by atoms with Gasteiger partial charge in [-0.25, -0.2) is 4.79 Å². The molecule has 1 aliphatic heterocycles. The van der Waals surface area contributed by atoms with Crippen molar-refractivity contribution in [1.29, 1.82) is 0 Å². The van der Waals surface area contributed by atoms with Crippen LogP contribution in [0.2, 0.25) is 0 Å². The molecule has 0 amide bonds. The van der Waals surface area contributed by atoms with Crippen LogP contribution >= 0.6 is 0 Å². The second kappa shape index (κ2) is 6.91. The molecule has 2 heterocycles. The molecule has 0 N–H and O–H groups in total. The van der Waals surface area contributed by atoms with Gasteiger partial charge < -0.3 is 13.9 Å². The summed E-state index contributed by atoms with van der Waals surface area (Å²) in [5, 5.41) is 0.853. The van der Waals surface area contributed by atoms with Gasteiger partial charge in [0.2, 0.25) is 0 Å². The van der Waals surface area contributed by atoms with Gasteiger partial charge in [0.15, 0.2) is 0 Å². The molecule has 24 heavy (non-hydrogen) atoms. The maximum absolute atomic E-state index is 11.4. The molecule has 0 saturated carbocycles. The van der Waals surface area contributed by atoms with Crippen LogP contribution in [0, 0.1) is 5.92 Å². The molecule has 2 atom stereocenters. The van der Waals surface area contributed by atoms with E-state index in [2.05, 4.69) is 0 Å². The molecule has 2 aromatic rings. The minimum absolute atomic E-state index is 0.00805. The van der Waals surface area contributed by atoms with Gasteiger partial charge in [0.25, 0.3) is 0 Å². The maximum Gasteiger partial charge on any atom is 0.336 e. The van der Waals surface area contributed by atoms with Crippen LogP contribution < -0.4 is 10.4 Å². The van der Waals surface area contributed by atoms with Gasteiger partial charge in [-0.3, -0.25) is 4.79 Å². The molecule has 0 aliphatic carbocycles. The van der Waals surface area contributed by atoms with Crippen molar-refractivity contribution in [2.75, 3.05) is 6.61 Å². The predicted octanol–water partition coefficient (Wildman–Crippen LogP) is 3.46. The quantitative estimate of drug-likeness (QED) is 0.478. The molecule has 126 valence electrons. The number of rotatable bonds is 5. The molecule has 1 aliphatic rings. The predicted molar refractivity (Wildman–Crippen MR) is 90.0 cm³/mol. The topological polar surface area (TPSA) is 65.7 Å². The zero-order valence-electron chi connectivity index (χ0n) is 13.8. The van der Waals surface area contributed by atoms with Crippen molar-refractivity contribution in [3.63, 3.8) is 0 Å². The van der Waals surface area contributed by atoms with Gasteiger partial charge in [0.05, 0.1) is 5.92 Å². The summed E-state index contributed by atoms with van der Waals surface area (Å²) in [5.74, 6) is 0.523. The summed E-state index contributed by atoms with van der Waals surface area (Å²) in [6, 6.07) is 8.51. The monoisotopic (exact) mass is 328 g/mol. The van der Waals surface area contributed by atoms with Gasteiger partial charge in [0, 0.05) is 23.9 Å². The third-order valence-electron chi connectivity index (χ3n) is 4.13. The number of benzene rings is 1. The first-order valence-electron chi connectivity index (χ1n) is 8.04. The van der Waals surface area contributed by atoms with E-state index in [9.17, 15) is 9.59 Å². The standard InChI is InChI=1S/C19H20O5/c1-12(9-16-10-13(2)19(21)23-16)7-8-22-15-5-3-14-4-6-18(20)24-17(14)11-15/h3-7,11,13,16H,8-10H2,1-2H3/t13-,16-/m1/s1. The molecule has 0 radical (unpaired) electrons. The van der Waals surface area contributed by atoms with E-state index in [-0.39, 0.29) is 23.6 Å². The highest BCUT2D eigenvalue weighted by Crippen LogP contribution is 2.25. The lowest BCUT2D eigenvalue weighted by Crippen LogP contribution is -2.07. The normalized spacial score (nSPS) is 21.1. The second-order valence-electron chi connectivity index (χ2n) is 6.22. The number of cyclic esters (lactones) is 1. The summed E-state index contributed by atoms with van der Waals surface area (Å²) in [4.78, 5) is 22.7. The highest BCUT2D eigenvalue weighted by molar-refractivity contribution is 5.77. The minimum Gasteiger partial charge on any atom is -0.489 e. The van der Waals surface area contributed by atoms with Crippen molar-refractivity contribution in [1.82, 2.24) is 0 Å². The van der Waals surface area contributed by atoms with Crippen LogP contribution in [0.25, 0.3) is 11.0 Å². The summed E-state index contributed by atoms with van der Waals surface area (Å²) in [6.07, 6.45) is 3.45. The van der Waals surface area contributed by atoms with Crippen LogP contribution in [0.1, 0.15) is 26.7 Å². The Morgan fingerprint density at radius 2 is 2.08 bits per heavy atom. The molecule has 5 nitrogen and oxygen atoms in total. The largest absolute Gasteiger partial charge is 0.489 e. The van der Waals surface area contributed by atoms with Crippen molar-refractivity contribution in [3.05, 3.63) is 52.4 Å². The summed E-state index contributed by atoms with van der Waals surface area (Å²) >= 11 is 0. The number of carbonyl (C=O) groups excluding carboxylic acids is 1. The Balaban J connectivity index is 1.57. The molecule has 1 aromatic carbocycles. The number of fused-ring (bicyclic) bond motifs is 1. The molecule has 1 aromatic heterocycles. The van der Waals surface area contributed by atoms with Crippen LogP contribution in [0.15, 0.2) is 51.2 Å². The summed E-state index contributed by atoms with van der Waals surface area (Å²) in [5.41, 5.74) is 1.25. The Morgan fingerprint density at radius 1 is 1.29 bits per heavy atom. The number of ether oxygens (including phenoxy) is 2. The van der Waals surface area contributed by atoms with Gasteiger partial charge in [0.1, 0.15) is 24.0 Å². The maximum atomic E-state index is 11.4. The average molecular weight is 328 g/mol. The van der Waals surface area contributed by atoms with E-state index in [4.69, 9.17) is 13.9 Å². The first-order chi connectivity index (χ1) is 11.5. The first-order valence-corrected chi connectivity index (χ1v) is 8.04. The third-order valence-corrected chi connectivity index (χ3v) is 4.13. The van der Waals surface area contributed by atoms with E-state index in [0.29, 0.717) is 17.9 Å². The zero-order chi connectivity index (χ0) is 17.1. The van der Waals surface area contributed by atoms with Gasteiger partial charge in [-0.1, -0.05) is 12.5 Å². The fourth-order valence-electron chi connectivity index (χ4n) is 2.80. The van der Waals surface area contributed by atoms with Crippen LogP contribution in [0.3, 0.4) is 0 Å². The van der Waals surface area contributed by atoms with Gasteiger partial charge in [-0.2, -0.15) is 0 Å². The fraction of sp³-hybridized carbons (Fsp3) is 0.368. The van der Waals surface area contributed by atoms with E-state index in [1.165, 1.54) is 6.07 Å². The van der Waals surface area contributed by atoms with Crippen molar-refractivity contribution in [3.8, 4) is 5.75 Å². The van der Waals surface area contributed by atoms with Gasteiger partial charge >= 0.3 is 11.6 Å². The molecule has 0 spiro atoms. The van der Waals surface area contributed by atoms with Crippen molar-refractivity contribution < 1.29 is 18.7 Å². The van der Waals surface area contributed by atoms with E-state index in [1.807, 2.05) is 32.1 Å². The second-order valence-corrected chi connectivity index (χ2v) is 6.22. The molecule has 0 bridgehead atoms. The van der Waals surface area contributed by atoms with Crippen LogP contribution in [0.4, 0.5) is 0 Å².